The van der Waals surface area contributed by atoms with Crippen molar-refractivity contribution in [2.75, 3.05) is 0 Å². The van der Waals surface area contributed by atoms with Crippen molar-refractivity contribution < 1.29 is 0 Å². The molecule has 0 atom stereocenters. The summed E-state index contributed by atoms with van der Waals surface area (Å²) in [6.07, 6.45) is 69.4. The molecular weight excluding hydrogens is 760 g/mol. The molecule has 1 rings (SSSR count). The van der Waals surface area contributed by atoms with Crippen molar-refractivity contribution in [3.8, 4) is 0 Å². The van der Waals surface area contributed by atoms with E-state index in [0.29, 0.717) is 14.5 Å². The molecule has 0 nitrogen and oxygen atoms in total. The second kappa shape index (κ2) is 47.1. The van der Waals surface area contributed by atoms with Gasteiger partial charge in [-0.05, 0) is 0 Å². The van der Waals surface area contributed by atoms with Crippen LogP contribution in [-0.4, -0.2) is 35.0 Å². The van der Waals surface area contributed by atoms with Crippen LogP contribution in [0.3, 0.4) is 0 Å². The van der Waals surface area contributed by atoms with E-state index in [1.807, 2.05) is 0 Å². The number of rotatable bonds is 48. The number of hydrogen-bond donors (Lipinski definition) is 0. The predicted octanol–water partition coefficient (Wildman–Crippen LogP) is 17.6. The first-order valence-electron chi connectivity index (χ1n) is 25.8. The van der Waals surface area contributed by atoms with Gasteiger partial charge in [0.1, 0.15) is 0 Å². The molecule has 0 bridgehead atoms. The van der Waals surface area contributed by atoms with Crippen molar-refractivity contribution in [3.63, 3.8) is 0 Å². The molecule has 0 aliphatic heterocycles. The van der Waals surface area contributed by atoms with Gasteiger partial charge in [0.15, 0.2) is 0 Å². The van der Waals surface area contributed by atoms with Gasteiger partial charge >= 0.3 is 116 Å². The normalized spacial score (nSPS) is 11.7. The van der Waals surface area contributed by atoms with Gasteiger partial charge in [0, 0.05) is 10.2 Å². The van der Waals surface area contributed by atoms with Crippen molar-refractivity contribution >= 4 is 39.0 Å². The van der Waals surface area contributed by atoms with Crippen LogP contribution in [0.15, 0.2) is 12.1 Å². The molecule has 0 fully saturated rings. The monoisotopic (exact) mass is 859 g/mol. The van der Waals surface area contributed by atoms with E-state index in [2.05, 4.69) is 32.6 Å². The van der Waals surface area contributed by atoms with E-state index >= 15 is 0 Å². The van der Waals surface area contributed by atoms with Crippen LogP contribution in [0, 0.1) is 0 Å². The summed E-state index contributed by atoms with van der Waals surface area (Å²) in [6, 6.07) is 5.77. The van der Waals surface area contributed by atoms with Gasteiger partial charge in [-0.3, -0.25) is 0 Å². The summed E-state index contributed by atoms with van der Waals surface area (Å²) in [5, 5.41) is 0. The molecule has 0 aromatic carbocycles. The SMILES string of the molecule is [Si]CCCCCCCCCCCCCCCCCCCCCCCCCCCCCCCCCCCCCCCCCCCCCCCCc1ccc([Si])[se]1. The average Bonchev–Trinajstić information content (AvgIpc) is 3.62. The minimum atomic E-state index is 0.611. The molecule has 1 aromatic heterocycles. The molecule has 320 valence electrons. The fourth-order valence-electron chi connectivity index (χ4n) is 8.71. The van der Waals surface area contributed by atoms with E-state index < -0.39 is 0 Å². The third-order valence-electron chi connectivity index (χ3n) is 12.5. The van der Waals surface area contributed by atoms with Crippen LogP contribution in [0.1, 0.15) is 300 Å². The Hall–Kier alpha value is 0.433. The fourth-order valence-corrected chi connectivity index (χ4v) is 11.4. The molecule has 3 heteroatoms. The molecule has 55 heavy (non-hydrogen) atoms. The average molecular weight is 858 g/mol. The third kappa shape index (κ3) is 43.8. The topological polar surface area (TPSA) is 0 Å². The van der Waals surface area contributed by atoms with Gasteiger partial charge in [0.05, 0.1) is 0 Å². The van der Waals surface area contributed by atoms with Gasteiger partial charge in [0.2, 0.25) is 0 Å². The van der Waals surface area contributed by atoms with Crippen LogP contribution in [0.25, 0.3) is 0 Å². The summed E-state index contributed by atoms with van der Waals surface area (Å²) >= 11 is 0.611. The number of aryl methyl sites for hydroxylation is 1. The minimum absolute atomic E-state index is 0.611. The van der Waals surface area contributed by atoms with Gasteiger partial charge in [0.25, 0.3) is 0 Å². The Morgan fingerprint density at radius 1 is 0.255 bits per heavy atom. The van der Waals surface area contributed by atoms with Gasteiger partial charge in [-0.25, -0.2) is 0 Å². The van der Waals surface area contributed by atoms with Gasteiger partial charge in [-0.1, -0.05) is 237 Å². The first-order valence-corrected chi connectivity index (χ1v) is 28.7. The van der Waals surface area contributed by atoms with E-state index in [1.54, 1.807) is 4.44 Å². The van der Waals surface area contributed by atoms with Gasteiger partial charge in [-0.15, -0.1) is 0 Å². The van der Waals surface area contributed by atoms with E-state index in [-0.39, 0.29) is 0 Å². The van der Waals surface area contributed by atoms with Crippen LogP contribution in [0.4, 0.5) is 0 Å². The van der Waals surface area contributed by atoms with Crippen LogP contribution in [0.2, 0.25) is 6.04 Å². The zero-order valence-corrected chi connectivity index (χ0v) is 41.2. The van der Waals surface area contributed by atoms with Crippen molar-refractivity contribution in [2.24, 2.45) is 0 Å². The molecule has 1 aromatic rings. The Bertz CT molecular complexity index is 820. The van der Waals surface area contributed by atoms with Crippen LogP contribution in [-0.2, 0) is 6.42 Å². The molecule has 0 aliphatic rings. The number of hydrogen-bond acceptors (Lipinski definition) is 0. The molecule has 0 saturated heterocycles. The van der Waals surface area contributed by atoms with E-state index in [1.165, 1.54) is 312 Å². The standard InChI is InChI=1S/C52H98SeSi2/c54-50-46-44-42-40-38-36-34-32-30-28-26-24-22-20-18-16-14-12-10-8-6-4-2-1-3-5-7-9-11-13-15-17-19-21-23-25-27-29-31-33-35-37-39-41-43-45-47-51-48-49-52(55)53-51/h48-49H,1-47,50H2. The third-order valence-corrected chi connectivity index (χ3v) is 15.6. The zero-order chi connectivity index (χ0) is 39.2. The summed E-state index contributed by atoms with van der Waals surface area (Å²) in [6.45, 7) is 0. The predicted molar refractivity (Wildman–Crippen MR) is 255 cm³/mol. The molecule has 0 N–H and O–H groups in total. The molecule has 1 heterocycles. The quantitative estimate of drug-likeness (QED) is 0.0452. The maximum absolute atomic E-state index is 3.69. The molecule has 0 spiro atoms. The van der Waals surface area contributed by atoms with Gasteiger partial charge in [-0.2, -0.15) is 0 Å². The maximum atomic E-state index is 3.69. The molecule has 0 amide bonds. The molecule has 6 radical (unpaired) electrons. The molecule has 0 aliphatic carbocycles. The van der Waals surface area contributed by atoms with Crippen molar-refractivity contribution in [2.45, 2.75) is 308 Å². The number of unbranched alkanes of at least 4 members (excludes halogenated alkanes) is 45. The molecule has 0 unspecified atom stereocenters. The summed E-state index contributed by atoms with van der Waals surface area (Å²) < 4.78 is 3.10. The molecular formula is C52H98SeSi2. The Morgan fingerprint density at radius 3 is 0.600 bits per heavy atom. The Morgan fingerprint density at radius 2 is 0.436 bits per heavy atom. The van der Waals surface area contributed by atoms with Crippen molar-refractivity contribution in [1.29, 1.82) is 0 Å². The summed E-state index contributed by atoms with van der Waals surface area (Å²) in [5.74, 6) is 0. The van der Waals surface area contributed by atoms with Gasteiger partial charge < -0.3 is 0 Å². The van der Waals surface area contributed by atoms with E-state index in [0.717, 1.165) is 0 Å². The second-order valence-electron chi connectivity index (χ2n) is 18.0. The Balaban J connectivity index is 1.59. The van der Waals surface area contributed by atoms with Crippen molar-refractivity contribution in [1.82, 2.24) is 0 Å². The Kier molecular flexibility index (Phi) is 45.8. The molecule has 0 saturated carbocycles. The first kappa shape index (κ1) is 53.5. The Labute approximate surface area is 361 Å². The van der Waals surface area contributed by atoms with Crippen LogP contribution >= 0.6 is 0 Å². The fraction of sp³-hybridized carbons (Fsp3) is 0.923. The van der Waals surface area contributed by atoms with Crippen LogP contribution in [0.5, 0.6) is 0 Å². The summed E-state index contributed by atoms with van der Waals surface area (Å²) in [5.41, 5.74) is 0. The zero-order valence-electron chi connectivity index (χ0n) is 37.5. The van der Waals surface area contributed by atoms with Crippen LogP contribution < -0.4 is 4.06 Å². The second-order valence-corrected chi connectivity index (χ2v) is 22.3. The first-order chi connectivity index (χ1) is 27.3. The van der Waals surface area contributed by atoms with E-state index in [4.69, 9.17) is 0 Å². The van der Waals surface area contributed by atoms with E-state index in [9.17, 15) is 0 Å². The summed E-state index contributed by atoms with van der Waals surface area (Å²) in [4.78, 5) is 0. The van der Waals surface area contributed by atoms with Crippen molar-refractivity contribution in [3.05, 3.63) is 16.6 Å². The summed E-state index contributed by atoms with van der Waals surface area (Å²) in [7, 11) is 7.27.